The normalized spacial score (nSPS) is 16.3. The second kappa shape index (κ2) is 9.13. The number of carbonyl (C=O) groups is 1. The van der Waals surface area contributed by atoms with Crippen LogP contribution >= 0.6 is 0 Å². The first kappa shape index (κ1) is 20.4. The number of amides is 1. The summed E-state index contributed by atoms with van der Waals surface area (Å²) >= 11 is 0. The fourth-order valence-electron chi connectivity index (χ4n) is 2.90. The monoisotopic (exact) mass is 384 g/mol. The average Bonchev–Trinajstić information content (AvgIpc) is 2.58. The van der Waals surface area contributed by atoms with Crippen molar-refractivity contribution in [3.8, 4) is 0 Å². The van der Waals surface area contributed by atoms with Crippen LogP contribution in [0.1, 0.15) is 25.6 Å². The average molecular weight is 385 g/mol. The van der Waals surface area contributed by atoms with E-state index in [1.54, 1.807) is 0 Å². The highest BCUT2D eigenvalue weighted by molar-refractivity contribution is 7.88. The van der Waals surface area contributed by atoms with E-state index in [4.69, 9.17) is 0 Å². The van der Waals surface area contributed by atoms with Gasteiger partial charge in [0.2, 0.25) is 15.9 Å². The molecule has 0 spiro atoms. The molecule has 0 atom stereocenters. The number of anilines is 2. The first-order valence-electron chi connectivity index (χ1n) is 8.86. The molecule has 0 saturated carbocycles. The molecule has 1 saturated heterocycles. The van der Waals surface area contributed by atoms with E-state index in [1.165, 1.54) is 10.6 Å². The maximum absolute atomic E-state index is 12.2. The van der Waals surface area contributed by atoms with E-state index in [2.05, 4.69) is 25.9 Å². The third kappa shape index (κ3) is 6.10. The third-order valence-corrected chi connectivity index (χ3v) is 5.52. The Morgan fingerprint density at radius 2 is 1.81 bits per heavy atom. The highest BCUT2D eigenvalue weighted by Crippen LogP contribution is 2.19. The molecule has 0 bridgehead atoms. The zero-order valence-corrected chi connectivity index (χ0v) is 16.4. The minimum atomic E-state index is -3.16. The maximum Gasteiger partial charge on any atom is 0.223 e. The Morgan fingerprint density at radius 1 is 1.19 bits per heavy atom. The number of nitrogens with zero attached hydrogens (tertiary/aromatic N) is 3. The number of hydrogen-bond donors (Lipinski definition) is 3. The van der Waals surface area contributed by atoms with Crippen LogP contribution in [-0.2, 0) is 14.8 Å². The van der Waals surface area contributed by atoms with Crippen molar-refractivity contribution in [2.24, 2.45) is 5.92 Å². The molecule has 0 radical (unpaired) electrons. The lowest BCUT2D eigenvalue weighted by Gasteiger charge is -2.29. The Hall–Kier alpha value is -1.94. The van der Waals surface area contributed by atoms with E-state index in [0.29, 0.717) is 50.7 Å². The standard InChI is InChI=1S/C16H28N6O3S/c1-4-17-14-11-15(21-12(2)20-14)18-7-8-19-16(23)13-5-9-22(10-6-13)26(3,24)25/h11,13H,4-10H2,1-3H3,(H,19,23)(H2,17,18,20,21). The van der Waals surface area contributed by atoms with Crippen molar-refractivity contribution in [2.45, 2.75) is 26.7 Å². The molecular formula is C16H28N6O3S. The van der Waals surface area contributed by atoms with E-state index in [-0.39, 0.29) is 11.8 Å². The van der Waals surface area contributed by atoms with Crippen LogP contribution in [0.3, 0.4) is 0 Å². The van der Waals surface area contributed by atoms with Crippen LogP contribution in [0.25, 0.3) is 0 Å². The van der Waals surface area contributed by atoms with Gasteiger partial charge in [0.25, 0.3) is 0 Å². The van der Waals surface area contributed by atoms with Gasteiger partial charge in [-0.3, -0.25) is 4.79 Å². The zero-order chi connectivity index (χ0) is 19.2. The van der Waals surface area contributed by atoms with Gasteiger partial charge in [0, 0.05) is 44.7 Å². The van der Waals surface area contributed by atoms with Crippen LogP contribution in [0.2, 0.25) is 0 Å². The van der Waals surface area contributed by atoms with Gasteiger partial charge in [-0.05, 0) is 26.7 Å². The minimum absolute atomic E-state index is 0.0212. The molecule has 1 aromatic heterocycles. The molecule has 0 aromatic carbocycles. The predicted molar refractivity (Wildman–Crippen MR) is 102 cm³/mol. The smallest absolute Gasteiger partial charge is 0.223 e. The number of sulfonamides is 1. The largest absolute Gasteiger partial charge is 0.370 e. The van der Waals surface area contributed by atoms with Crippen LogP contribution in [0, 0.1) is 12.8 Å². The van der Waals surface area contributed by atoms with Crippen molar-refractivity contribution in [1.29, 1.82) is 0 Å². The maximum atomic E-state index is 12.2. The Labute approximate surface area is 155 Å². The van der Waals surface area contributed by atoms with Gasteiger partial charge >= 0.3 is 0 Å². The molecule has 10 heteroatoms. The molecule has 3 N–H and O–H groups in total. The van der Waals surface area contributed by atoms with E-state index in [0.717, 1.165) is 12.4 Å². The molecule has 9 nitrogen and oxygen atoms in total. The minimum Gasteiger partial charge on any atom is -0.370 e. The van der Waals surface area contributed by atoms with Crippen LogP contribution in [0.4, 0.5) is 11.6 Å². The first-order chi connectivity index (χ1) is 12.3. The molecule has 0 unspecified atom stereocenters. The number of hydrogen-bond acceptors (Lipinski definition) is 7. The second-order valence-electron chi connectivity index (χ2n) is 6.37. The van der Waals surface area contributed by atoms with Crippen molar-refractivity contribution in [3.05, 3.63) is 11.9 Å². The summed E-state index contributed by atoms with van der Waals surface area (Å²) in [5, 5.41) is 9.23. The molecule has 1 aromatic rings. The number of rotatable bonds is 8. The molecule has 0 aliphatic carbocycles. The van der Waals surface area contributed by atoms with Crippen molar-refractivity contribution in [3.63, 3.8) is 0 Å². The first-order valence-corrected chi connectivity index (χ1v) is 10.7. The number of aryl methyl sites for hydroxylation is 1. The Morgan fingerprint density at radius 3 is 2.38 bits per heavy atom. The fourth-order valence-corrected chi connectivity index (χ4v) is 3.77. The lowest BCUT2D eigenvalue weighted by atomic mass is 9.97. The van der Waals surface area contributed by atoms with Crippen LogP contribution in [-0.4, -0.2) is 67.6 Å². The molecule has 1 amide bonds. The van der Waals surface area contributed by atoms with Gasteiger partial charge < -0.3 is 16.0 Å². The fraction of sp³-hybridized carbons (Fsp3) is 0.688. The summed E-state index contributed by atoms with van der Waals surface area (Å²) in [5.41, 5.74) is 0. The van der Waals surface area contributed by atoms with Gasteiger partial charge in [-0.15, -0.1) is 0 Å². The van der Waals surface area contributed by atoms with E-state index >= 15 is 0 Å². The summed E-state index contributed by atoms with van der Waals surface area (Å²) in [6.45, 7) is 6.45. The molecular weight excluding hydrogens is 356 g/mol. The zero-order valence-electron chi connectivity index (χ0n) is 15.6. The molecule has 26 heavy (non-hydrogen) atoms. The van der Waals surface area contributed by atoms with Gasteiger partial charge in [-0.25, -0.2) is 22.7 Å². The summed E-state index contributed by atoms with van der Waals surface area (Å²) in [7, 11) is -3.16. The quantitative estimate of drug-likeness (QED) is 0.556. The number of nitrogens with one attached hydrogen (secondary N) is 3. The molecule has 1 fully saturated rings. The molecule has 1 aliphatic heterocycles. The highest BCUT2D eigenvalue weighted by atomic mass is 32.2. The predicted octanol–water partition coefficient (Wildman–Crippen LogP) is 0.417. The number of aromatic nitrogens is 2. The Kier molecular flexibility index (Phi) is 7.15. The van der Waals surface area contributed by atoms with Gasteiger partial charge in [-0.2, -0.15) is 0 Å². The summed E-state index contributed by atoms with van der Waals surface area (Å²) in [6, 6.07) is 1.83. The van der Waals surface area contributed by atoms with Crippen LogP contribution in [0.5, 0.6) is 0 Å². The Bertz CT molecular complexity index is 717. The topological polar surface area (TPSA) is 116 Å². The van der Waals surface area contributed by atoms with Crippen molar-refractivity contribution < 1.29 is 13.2 Å². The van der Waals surface area contributed by atoms with E-state index in [1.807, 2.05) is 19.9 Å². The third-order valence-electron chi connectivity index (χ3n) is 4.22. The molecule has 1 aliphatic rings. The molecule has 2 rings (SSSR count). The lowest BCUT2D eigenvalue weighted by molar-refractivity contribution is -0.126. The van der Waals surface area contributed by atoms with Gasteiger partial charge in [0.05, 0.1) is 6.26 Å². The number of carbonyl (C=O) groups excluding carboxylic acids is 1. The summed E-state index contributed by atoms with van der Waals surface area (Å²) in [6.07, 6.45) is 2.32. The van der Waals surface area contributed by atoms with Gasteiger partial charge in [0.1, 0.15) is 17.5 Å². The number of piperidine rings is 1. The van der Waals surface area contributed by atoms with E-state index in [9.17, 15) is 13.2 Å². The summed E-state index contributed by atoms with van der Waals surface area (Å²) < 4.78 is 24.4. The van der Waals surface area contributed by atoms with Crippen molar-refractivity contribution in [1.82, 2.24) is 19.6 Å². The van der Waals surface area contributed by atoms with Crippen LogP contribution in [0.15, 0.2) is 6.07 Å². The summed E-state index contributed by atoms with van der Waals surface area (Å²) in [5.74, 6) is 2.00. The van der Waals surface area contributed by atoms with Gasteiger partial charge in [-0.1, -0.05) is 0 Å². The van der Waals surface area contributed by atoms with Crippen molar-refractivity contribution >= 4 is 27.6 Å². The lowest BCUT2D eigenvalue weighted by Crippen LogP contribution is -2.43. The van der Waals surface area contributed by atoms with Gasteiger partial charge in [0.15, 0.2) is 0 Å². The SMILES string of the molecule is CCNc1cc(NCCNC(=O)C2CCN(S(C)(=O)=O)CC2)nc(C)n1. The molecule has 146 valence electrons. The van der Waals surface area contributed by atoms with E-state index < -0.39 is 10.0 Å². The second-order valence-corrected chi connectivity index (χ2v) is 8.35. The summed E-state index contributed by atoms with van der Waals surface area (Å²) in [4.78, 5) is 20.8. The van der Waals surface area contributed by atoms with Crippen molar-refractivity contribution in [2.75, 3.05) is 49.6 Å². The highest BCUT2D eigenvalue weighted by Gasteiger charge is 2.28. The van der Waals surface area contributed by atoms with Crippen LogP contribution < -0.4 is 16.0 Å². The molecule has 2 heterocycles. The Balaban J connectivity index is 1.72.